The first-order valence-corrected chi connectivity index (χ1v) is 11.4. The van der Waals surface area contributed by atoms with E-state index in [9.17, 15) is 34.2 Å². The fraction of sp³-hybridized carbons (Fsp3) is 0.762. The van der Waals surface area contributed by atoms with E-state index < -0.39 is 59.9 Å². The van der Waals surface area contributed by atoms with Gasteiger partial charge in [0.1, 0.15) is 12.1 Å². The van der Waals surface area contributed by atoms with Crippen LogP contribution in [0, 0.1) is 5.92 Å². The Balaban J connectivity index is 5.60. The Hall–Kier alpha value is -2.77. The molecule has 11 N–H and O–H groups in total. The summed E-state index contributed by atoms with van der Waals surface area (Å²) in [5, 5.41) is 26.1. The number of carboxylic acid groups (broad SMARTS) is 1. The van der Waals surface area contributed by atoms with Crippen molar-refractivity contribution in [3.8, 4) is 0 Å². The summed E-state index contributed by atoms with van der Waals surface area (Å²) < 4.78 is 0. The molecular formula is C21H40N6O7. The van der Waals surface area contributed by atoms with Gasteiger partial charge in [0.05, 0.1) is 12.1 Å². The number of amides is 4. The van der Waals surface area contributed by atoms with Crippen LogP contribution in [0.15, 0.2) is 0 Å². The minimum Gasteiger partial charge on any atom is -0.480 e. The number of carboxylic acids is 1. The quantitative estimate of drug-likeness (QED) is 0.102. The molecule has 0 radical (unpaired) electrons. The number of carbonyl (C=O) groups is 5. The van der Waals surface area contributed by atoms with Crippen molar-refractivity contribution in [2.45, 2.75) is 89.6 Å². The van der Waals surface area contributed by atoms with E-state index in [0.29, 0.717) is 25.8 Å². The lowest BCUT2D eigenvalue weighted by atomic mass is 9.98. The Bertz CT molecular complexity index is 703. The molecule has 6 unspecified atom stereocenters. The number of unbranched alkanes of at least 4 members (excludes halogenated alkanes) is 1. The van der Waals surface area contributed by atoms with Crippen LogP contribution in [0.1, 0.15) is 59.3 Å². The summed E-state index contributed by atoms with van der Waals surface area (Å²) in [6.07, 6.45) is 0.0370. The molecule has 0 rings (SSSR count). The third kappa shape index (κ3) is 11.4. The number of nitrogens with one attached hydrogen (secondary N) is 3. The molecule has 0 aliphatic rings. The van der Waals surface area contributed by atoms with Gasteiger partial charge in [-0.15, -0.1) is 0 Å². The van der Waals surface area contributed by atoms with Crippen LogP contribution in [0.5, 0.6) is 0 Å². The maximum atomic E-state index is 13.0. The summed E-state index contributed by atoms with van der Waals surface area (Å²) in [7, 11) is 0. The topological polar surface area (TPSA) is 240 Å². The molecule has 0 heterocycles. The minimum absolute atomic E-state index is 0.122. The van der Waals surface area contributed by atoms with Crippen LogP contribution in [0.25, 0.3) is 0 Å². The van der Waals surface area contributed by atoms with Gasteiger partial charge in [0.25, 0.3) is 0 Å². The summed E-state index contributed by atoms with van der Waals surface area (Å²) in [5.74, 6) is -4.47. The molecule has 0 bridgehead atoms. The Kier molecular flexibility index (Phi) is 14.7. The van der Waals surface area contributed by atoms with E-state index in [1.807, 2.05) is 6.92 Å². The largest absolute Gasteiger partial charge is 0.480 e. The van der Waals surface area contributed by atoms with Gasteiger partial charge < -0.3 is 43.4 Å². The monoisotopic (exact) mass is 488 g/mol. The number of rotatable bonds is 17. The first-order valence-electron chi connectivity index (χ1n) is 11.4. The summed E-state index contributed by atoms with van der Waals surface area (Å²) in [6.45, 7) is 5.19. The van der Waals surface area contributed by atoms with Crippen molar-refractivity contribution in [3.63, 3.8) is 0 Å². The van der Waals surface area contributed by atoms with Crippen LogP contribution in [-0.2, 0) is 24.0 Å². The van der Waals surface area contributed by atoms with Gasteiger partial charge in [-0.25, -0.2) is 4.79 Å². The smallest absolute Gasteiger partial charge is 0.328 e. The molecule has 13 nitrogen and oxygen atoms in total. The maximum absolute atomic E-state index is 13.0. The Morgan fingerprint density at radius 2 is 1.41 bits per heavy atom. The highest BCUT2D eigenvalue weighted by Gasteiger charge is 2.32. The molecule has 4 amide bonds. The molecule has 34 heavy (non-hydrogen) atoms. The first-order chi connectivity index (χ1) is 15.8. The second-order valence-corrected chi connectivity index (χ2v) is 8.39. The Labute approximate surface area is 199 Å². The van der Waals surface area contributed by atoms with Crippen molar-refractivity contribution in [3.05, 3.63) is 0 Å². The molecule has 0 aliphatic carbocycles. The third-order valence-electron chi connectivity index (χ3n) is 5.50. The Morgan fingerprint density at radius 1 is 0.882 bits per heavy atom. The zero-order valence-corrected chi connectivity index (χ0v) is 20.1. The van der Waals surface area contributed by atoms with Crippen LogP contribution < -0.4 is 33.2 Å². The zero-order chi connectivity index (χ0) is 26.4. The van der Waals surface area contributed by atoms with Crippen molar-refractivity contribution >= 4 is 29.6 Å². The van der Waals surface area contributed by atoms with E-state index in [2.05, 4.69) is 16.0 Å². The SMILES string of the molecule is CCC(C)C(N)C(=O)NC(CCC(N)=O)C(=O)NC(CCCCN)C(=O)NC(C(=O)O)C(C)O. The molecule has 0 aromatic heterocycles. The normalized spacial score (nSPS) is 16.3. The summed E-state index contributed by atoms with van der Waals surface area (Å²) >= 11 is 0. The van der Waals surface area contributed by atoms with Crippen molar-refractivity contribution in [2.75, 3.05) is 6.54 Å². The molecule has 0 aliphatic heterocycles. The molecular weight excluding hydrogens is 448 g/mol. The fourth-order valence-electron chi connectivity index (χ4n) is 3.01. The van der Waals surface area contributed by atoms with Crippen molar-refractivity contribution < 1.29 is 34.2 Å². The highest BCUT2D eigenvalue weighted by Crippen LogP contribution is 2.08. The molecule has 196 valence electrons. The zero-order valence-electron chi connectivity index (χ0n) is 20.1. The van der Waals surface area contributed by atoms with Crippen LogP contribution in [0.3, 0.4) is 0 Å². The average Bonchev–Trinajstić information content (AvgIpc) is 2.77. The van der Waals surface area contributed by atoms with E-state index in [-0.39, 0.29) is 25.2 Å². The van der Waals surface area contributed by atoms with E-state index in [1.54, 1.807) is 6.92 Å². The predicted molar refractivity (Wildman–Crippen MR) is 124 cm³/mol. The molecule has 0 fully saturated rings. The number of hydrogen-bond acceptors (Lipinski definition) is 8. The third-order valence-corrected chi connectivity index (χ3v) is 5.50. The van der Waals surface area contributed by atoms with Gasteiger partial charge in [0, 0.05) is 6.42 Å². The summed E-state index contributed by atoms with van der Waals surface area (Å²) in [4.78, 5) is 60.8. The number of aliphatic hydroxyl groups excluding tert-OH is 1. The highest BCUT2D eigenvalue weighted by molar-refractivity contribution is 5.94. The lowest BCUT2D eigenvalue weighted by molar-refractivity contribution is -0.145. The molecule has 0 aromatic carbocycles. The van der Waals surface area contributed by atoms with Crippen LogP contribution in [0.2, 0.25) is 0 Å². The predicted octanol–water partition coefficient (Wildman–Crippen LogP) is -2.33. The number of aliphatic hydroxyl groups is 1. The summed E-state index contributed by atoms with van der Waals surface area (Å²) in [5.41, 5.74) is 16.6. The maximum Gasteiger partial charge on any atom is 0.328 e. The molecule has 0 spiro atoms. The number of nitrogens with two attached hydrogens (primary N) is 3. The van der Waals surface area contributed by atoms with Gasteiger partial charge >= 0.3 is 5.97 Å². The molecule has 0 saturated carbocycles. The van der Waals surface area contributed by atoms with Crippen molar-refractivity contribution in [1.82, 2.24) is 16.0 Å². The average molecular weight is 489 g/mol. The first kappa shape index (κ1) is 31.2. The van der Waals surface area contributed by atoms with E-state index >= 15 is 0 Å². The highest BCUT2D eigenvalue weighted by atomic mass is 16.4. The van der Waals surface area contributed by atoms with Crippen LogP contribution >= 0.6 is 0 Å². The van der Waals surface area contributed by atoms with Crippen LogP contribution in [0.4, 0.5) is 0 Å². The molecule has 0 aromatic rings. The van der Waals surface area contributed by atoms with Crippen LogP contribution in [-0.4, -0.2) is 76.6 Å². The minimum atomic E-state index is -1.58. The molecule has 0 saturated heterocycles. The lowest BCUT2D eigenvalue weighted by Crippen LogP contribution is -2.58. The number of hydrogen-bond donors (Lipinski definition) is 8. The van der Waals surface area contributed by atoms with Gasteiger partial charge in [-0.05, 0) is 45.1 Å². The van der Waals surface area contributed by atoms with Gasteiger partial charge in [-0.3, -0.25) is 19.2 Å². The lowest BCUT2D eigenvalue weighted by Gasteiger charge is -2.26. The standard InChI is InChI=1S/C21H40N6O7/c1-4-11(2)16(24)20(32)26-14(8-9-15(23)29)18(30)25-13(7-5-6-10-22)19(31)27-17(12(3)28)21(33)34/h11-14,16-17,28H,4-10,22,24H2,1-3H3,(H2,23,29)(H,25,30)(H,26,32)(H,27,31)(H,33,34). The number of aliphatic carboxylic acids is 1. The van der Waals surface area contributed by atoms with Crippen molar-refractivity contribution in [1.29, 1.82) is 0 Å². The second kappa shape index (κ2) is 16.0. The fourth-order valence-corrected chi connectivity index (χ4v) is 3.01. The summed E-state index contributed by atoms with van der Waals surface area (Å²) in [6, 6.07) is -4.84. The number of carbonyl (C=O) groups excluding carboxylic acids is 4. The van der Waals surface area contributed by atoms with Gasteiger partial charge in [-0.2, -0.15) is 0 Å². The van der Waals surface area contributed by atoms with E-state index in [1.165, 1.54) is 6.92 Å². The van der Waals surface area contributed by atoms with E-state index in [0.717, 1.165) is 0 Å². The van der Waals surface area contributed by atoms with Gasteiger partial charge in [0.15, 0.2) is 6.04 Å². The van der Waals surface area contributed by atoms with Gasteiger partial charge in [-0.1, -0.05) is 20.3 Å². The van der Waals surface area contributed by atoms with E-state index in [4.69, 9.17) is 17.2 Å². The molecule has 13 heteroatoms. The number of primary amides is 1. The molecule has 6 atom stereocenters. The second-order valence-electron chi connectivity index (χ2n) is 8.39. The van der Waals surface area contributed by atoms with Crippen molar-refractivity contribution in [2.24, 2.45) is 23.1 Å². The van der Waals surface area contributed by atoms with Gasteiger partial charge in [0.2, 0.25) is 23.6 Å². The Morgan fingerprint density at radius 3 is 1.88 bits per heavy atom.